The highest BCUT2D eigenvalue weighted by Gasteiger charge is 2.73. The van der Waals surface area contributed by atoms with Gasteiger partial charge in [-0.3, -0.25) is 4.79 Å². The van der Waals surface area contributed by atoms with Crippen LogP contribution in [-0.2, 0) is 36.3 Å². The summed E-state index contributed by atoms with van der Waals surface area (Å²) >= 11 is 0. The number of sulfone groups is 1. The van der Waals surface area contributed by atoms with E-state index < -0.39 is 103 Å². The molecule has 0 bridgehead atoms. The van der Waals surface area contributed by atoms with Gasteiger partial charge < -0.3 is 9.64 Å². The Morgan fingerprint density at radius 2 is 1.35 bits per heavy atom. The third-order valence-electron chi connectivity index (χ3n) is 8.40. The molecular formula is C30H23F10NO4S. The van der Waals surface area contributed by atoms with Gasteiger partial charge in [-0.2, -0.15) is 26.3 Å². The van der Waals surface area contributed by atoms with Crippen LogP contribution in [0.5, 0.6) is 0 Å². The summed E-state index contributed by atoms with van der Waals surface area (Å²) in [6.45, 7) is -2.20. The molecule has 5 rings (SSSR count). The Hall–Kier alpha value is -3.66. The van der Waals surface area contributed by atoms with E-state index in [2.05, 4.69) is 4.74 Å². The number of hydrogen-bond acceptors (Lipinski definition) is 4. The molecule has 0 unspecified atom stereocenters. The molecule has 248 valence electrons. The van der Waals surface area contributed by atoms with Gasteiger partial charge in [0.05, 0.1) is 24.6 Å². The van der Waals surface area contributed by atoms with Crippen molar-refractivity contribution in [3.8, 4) is 0 Å². The molecule has 0 atom stereocenters. The second-order valence-electron chi connectivity index (χ2n) is 11.1. The van der Waals surface area contributed by atoms with Gasteiger partial charge in [0.1, 0.15) is 28.4 Å². The fourth-order valence-electron chi connectivity index (χ4n) is 5.82. The summed E-state index contributed by atoms with van der Waals surface area (Å²) < 4.78 is 171. The van der Waals surface area contributed by atoms with Crippen LogP contribution in [-0.4, -0.2) is 50.8 Å². The van der Waals surface area contributed by atoms with E-state index in [0.29, 0.717) is 36.4 Å². The Bertz CT molecular complexity index is 1680. The third-order valence-corrected chi connectivity index (χ3v) is 10.9. The van der Waals surface area contributed by atoms with Crippen molar-refractivity contribution in [2.75, 3.05) is 13.1 Å². The molecule has 3 aromatic rings. The van der Waals surface area contributed by atoms with Crippen LogP contribution in [0, 0.1) is 23.4 Å². The molecule has 5 nitrogen and oxygen atoms in total. The molecule has 1 amide bonds. The number of hydrogen-bond donors (Lipinski definition) is 0. The molecule has 0 spiro atoms. The topological polar surface area (TPSA) is 63.7 Å². The summed E-state index contributed by atoms with van der Waals surface area (Å²) in [4.78, 5) is 13.6. The molecule has 1 aliphatic carbocycles. The first-order valence-corrected chi connectivity index (χ1v) is 15.1. The third kappa shape index (κ3) is 5.42. The molecule has 2 aliphatic rings. The van der Waals surface area contributed by atoms with Crippen LogP contribution in [0.15, 0.2) is 71.6 Å². The summed E-state index contributed by atoms with van der Waals surface area (Å²) in [5.74, 6) is -5.22. The van der Waals surface area contributed by atoms with Crippen molar-refractivity contribution in [2.24, 2.45) is 5.92 Å². The van der Waals surface area contributed by atoms with Crippen molar-refractivity contribution in [2.45, 2.75) is 53.2 Å². The second kappa shape index (κ2) is 11.5. The van der Waals surface area contributed by atoms with Crippen molar-refractivity contribution in [1.82, 2.24) is 4.90 Å². The normalized spacial score (nSPS) is 21.1. The van der Waals surface area contributed by atoms with E-state index in [0.717, 1.165) is 35.2 Å². The zero-order chi connectivity index (χ0) is 33.9. The molecule has 1 saturated carbocycles. The molecule has 1 saturated heterocycles. The van der Waals surface area contributed by atoms with Crippen LogP contribution in [0.25, 0.3) is 0 Å². The van der Waals surface area contributed by atoms with Crippen molar-refractivity contribution in [1.29, 1.82) is 0 Å². The molecule has 1 aliphatic heterocycles. The van der Waals surface area contributed by atoms with Crippen molar-refractivity contribution in [3.05, 3.63) is 101 Å². The Balaban J connectivity index is 1.56. The van der Waals surface area contributed by atoms with E-state index in [1.807, 2.05) is 0 Å². The van der Waals surface area contributed by atoms with Gasteiger partial charge in [0.25, 0.3) is 5.60 Å². The highest BCUT2D eigenvalue weighted by molar-refractivity contribution is 7.92. The van der Waals surface area contributed by atoms with Gasteiger partial charge in [-0.25, -0.2) is 26.0 Å². The monoisotopic (exact) mass is 683 g/mol. The lowest BCUT2D eigenvalue weighted by Crippen LogP contribution is -2.59. The van der Waals surface area contributed by atoms with Crippen molar-refractivity contribution >= 4 is 15.7 Å². The highest BCUT2D eigenvalue weighted by Crippen LogP contribution is 2.57. The van der Waals surface area contributed by atoms with Crippen LogP contribution in [0.4, 0.5) is 43.9 Å². The number of carbonyl (C=O) groups excluding carboxylic acids is 1. The van der Waals surface area contributed by atoms with Crippen LogP contribution in [0.1, 0.15) is 29.5 Å². The average molecular weight is 684 g/mol. The molecule has 0 N–H and O–H groups in total. The van der Waals surface area contributed by atoms with Gasteiger partial charge >= 0.3 is 12.4 Å². The largest absolute Gasteiger partial charge is 0.430 e. The summed E-state index contributed by atoms with van der Waals surface area (Å²) in [6, 6.07) is 7.71. The minimum Gasteiger partial charge on any atom is -0.349 e. The van der Waals surface area contributed by atoms with Gasteiger partial charge in [-0.05, 0) is 54.8 Å². The summed E-state index contributed by atoms with van der Waals surface area (Å²) in [5.41, 5.74) is -8.14. The molecule has 0 aromatic heterocycles. The van der Waals surface area contributed by atoms with Crippen LogP contribution < -0.4 is 0 Å². The lowest BCUT2D eigenvalue weighted by Gasteiger charge is -2.49. The number of rotatable bonds is 8. The molecule has 2 fully saturated rings. The molecule has 1 heterocycles. The first-order chi connectivity index (χ1) is 21.3. The van der Waals surface area contributed by atoms with Gasteiger partial charge in [-0.1, -0.05) is 30.3 Å². The van der Waals surface area contributed by atoms with Gasteiger partial charge in [0.2, 0.25) is 5.91 Å². The number of carbonyl (C=O) groups is 1. The Morgan fingerprint density at radius 1 is 0.826 bits per heavy atom. The second-order valence-corrected chi connectivity index (χ2v) is 13.4. The summed E-state index contributed by atoms with van der Waals surface area (Å²) in [5, 5.41) is 0. The van der Waals surface area contributed by atoms with Gasteiger partial charge in [0, 0.05) is 17.0 Å². The number of nitrogens with zero attached hydrogens (tertiary/aromatic N) is 1. The van der Waals surface area contributed by atoms with Crippen LogP contribution >= 0.6 is 0 Å². The highest BCUT2D eigenvalue weighted by atomic mass is 32.2. The lowest BCUT2D eigenvalue weighted by molar-refractivity contribution is -0.392. The lowest BCUT2D eigenvalue weighted by atomic mass is 9.69. The SMILES string of the molecule is O=C(C1CC(c2ccc(C(OCc3c(F)cccc3F)(C(F)(F)F)C(F)(F)F)cc2)(S(=O)(=O)c2ccc(F)cc2)C1)N1CC(F)C1. The minimum atomic E-state index is -6.23. The number of benzene rings is 3. The van der Waals surface area contributed by atoms with Crippen molar-refractivity contribution < 1.29 is 61.9 Å². The fraction of sp³-hybridized carbons (Fsp3) is 0.367. The van der Waals surface area contributed by atoms with E-state index in [1.54, 1.807) is 0 Å². The fourth-order valence-corrected chi connectivity index (χ4v) is 8.05. The van der Waals surface area contributed by atoms with Crippen LogP contribution in [0.3, 0.4) is 0 Å². The zero-order valence-electron chi connectivity index (χ0n) is 23.3. The van der Waals surface area contributed by atoms with E-state index in [9.17, 15) is 57.1 Å². The first kappa shape index (κ1) is 33.7. The number of ether oxygens (including phenoxy) is 1. The molecule has 16 heteroatoms. The standard InChI is InChI=1S/C30H23F10NO4S/c31-20-8-10-22(11-9-20)46(43,44)27(12-17(13-27)26(42)41-14-21(32)15-41)18-4-6-19(7-5-18)28(29(35,36)37,30(38,39)40)45-16-23-24(33)2-1-3-25(23)34/h1-11,17,21H,12-16H2. The van der Waals surface area contributed by atoms with Gasteiger partial charge in [-0.15, -0.1) is 0 Å². The number of alkyl halides is 7. The molecule has 46 heavy (non-hydrogen) atoms. The Labute approximate surface area is 255 Å². The maximum absolute atomic E-state index is 14.4. The first-order valence-electron chi connectivity index (χ1n) is 13.6. The van der Waals surface area contributed by atoms with E-state index >= 15 is 0 Å². The van der Waals surface area contributed by atoms with E-state index in [4.69, 9.17) is 0 Å². The maximum Gasteiger partial charge on any atom is 0.430 e. The molecule has 3 aromatic carbocycles. The number of likely N-dealkylation sites (tertiary alicyclic amines) is 1. The van der Waals surface area contributed by atoms with Gasteiger partial charge in [0.15, 0.2) is 9.84 Å². The maximum atomic E-state index is 14.4. The summed E-state index contributed by atoms with van der Waals surface area (Å²) in [7, 11) is -4.56. The number of halogens is 10. The predicted octanol–water partition coefficient (Wildman–Crippen LogP) is 6.90. The smallest absolute Gasteiger partial charge is 0.349 e. The molecule has 0 radical (unpaired) electrons. The average Bonchev–Trinajstić information content (AvgIpc) is 2.91. The van der Waals surface area contributed by atoms with E-state index in [-0.39, 0.29) is 18.7 Å². The van der Waals surface area contributed by atoms with E-state index in [1.165, 1.54) is 0 Å². The summed E-state index contributed by atoms with van der Waals surface area (Å²) in [6.07, 6.45) is -14.6. The number of amides is 1. The quantitative estimate of drug-likeness (QED) is 0.192. The predicted molar refractivity (Wildman–Crippen MR) is 141 cm³/mol. The Kier molecular flexibility index (Phi) is 8.46. The Morgan fingerprint density at radius 3 is 1.83 bits per heavy atom. The molecular weight excluding hydrogens is 660 g/mol. The zero-order valence-corrected chi connectivity index (χ0v) is 24.1. The van der Waals surface area contributed by atoms with Crippen LogP contribution in [0.2, 0.25) is 0 Å². The minimum absolute atomic E-state index is 0.213. The van der Waals surface area contributed by atoms with Crippen molar-refractivity contribution in [3.63, 3.8) is 0 Å².